The van der Waals surface area contributed by atoms with Gasteiger partial charge in [0, 0.05) is 6.54 Å². The van der Waals surface area contributed by atoms with Crippen LogP contribution in [0.3, 0.4) is 0 Å². The molecule has 2 amide bonds. The van der Waals surface area contributed by atoms with Gasteiger partial charge in [-0.3, -0.25) is 0 Å². The number of hydrogen-bond acceptors (Lipinski definition) is 4. The standard InChI is InChI=1S/C10H12F3N3O4/c1-9(7(17)18,10(11,12)13)15-8(19)16-2-3-20-6(4-14)5-16/h6H,2-3,5H2,1H3,(H,15,19)(H,17,18). The molecule has 7 nitrogen and oxygen atoms in total. The highest BCUT2D eigenvalue weighted by molar-refractivity contribution is 5.86. The summed E-state index contributed by atoms with van der Waals surface area (Å²) in [7, 11) is 0. The number of nitrogens with zero attached hydrogens (tertiary/aromatic N) is 2. The second-order valence-electron chi connectivity index (χ2n) is 4.29. The Balaban J connectivity index is 2.83. The van der Waals surface area contributed by atoms with E-state index in [1.54, 1.807) is 6.07 Å². The molecule has 2 N–H and O–H groups in total. The Morgan fingerprint density at radius 2 is 2.10 bits per heavy atom. The molecule has 0 aromatic rings. The van der Waals surface area contributed by atoms with Gasteiger partial charge >= 0.3 is 18.2 Å². The van der Waals surface area contributed by atoms with Crippen LogP contribution >= 0.6 is 0 Å². The number of nitriles is 1. The normalized spacial score (nSPS) is 22.6. The summed E-state index contributed by atoms with van der Waals surface area (Å²) in [6, 6.07) is 0.510. The maximum Gasteiger partial charge on any atom is 0.422 e. The summed E-state index contributed by atoms with van der Waals surface area (Å²) in [5.41, 5.74) is -3.40. The van der Waals surface area contributed by atoms with Crippen LogP contribution in [-0.2, 0) is 9.53 Å². The lowest BCUT2D eigenvalue weighted by Crippen LogP contribution is -2.65. The number of halogens is 3. The van der Waals surface area contributed by atoms with E-state index in [0.29, 0.717) is 6.92 Å². The van der Waals surface area contributed by atoms with Crippen molar-refractivity contribution in [1.29, 1.82) is 5.26 Å². The smallest absolute Gasteiger partial charge is 0.422 e. The highest BCUT2D eigenvalue weighted by Gasteiger charge is 2.59. The summed E-state index contributed by atoms with van der Waals surface area (Å²) in [6.07, 6.45) is -6.11. The average molecular weight is 295 g/mol. The number of carboxylic acid groups (broad SMARTS) is 1. The molecule has 0 saturated carbocycles. The first-order chi connectivity index (χ1) is 9.11. The number of morpholine rings is 1. The number of aliphatic carboxylic acids is 1. The van der Waals surface area contributed by atoms with Crippen LogP contribution in [0.25, 0.3) is 0 Å². The lowest BCUT2D eigenvalue weighted by Gasteiger charge is -2.34. The first-order valence-electron chi connectivity index (χ1n) is 5.50. The van der Waals surface area contributed by atoms with Gasteiger partial charge in [0.1, 0.15) is 0 Å². The van der Waals surface area contributed by atoms with Crippen molar-refractivity contribution in [3.8, 4) is 6.07 Å². The molecule has 1 aliphatic heterocycles. The fourth-order valence-corrected chi connectivity index (χ4v) is 1.45. The van der Waals surface area contributed by atoms with Crippen LogP contribution in [0.1, 0.15) is 6.92 Å². The van der Waals surface area contributed by atoms with E-state index in [1.807, 2.05) is 0 Å². The third-order valence-corrected chi connectivity index (χ3v) is 2.85. The molecule has 0 spiro atoms. The number of rotatable bonds is 2. The summed E-state index contributed by atoms with van der Waals surface area (Å²) in [6.45, 7) is 0.0877. The van der Waals surface area contributed by atoms with Gasteiger partial charge in [-0.2, -0.15) is 18.4 Å². The predicted molar refractivity (Wildman–Crippen MR) is 57.6 cm³/mol. The first kappa shape index (κ1) is 16.0. The van der Waals surface area contributed by atoms with Crippen LogP contribution in [0.2, 0.25) is 0 Å². The molecule has 2 unspecified atom stereocenters. The van der Waals surface area contributed by atoms with Gasteiger partial charge in [0.05, 0.1) is 19.2 Å². The van der Waals surface area contributed by atoms with Crippen LogP contribution in [-0.4, -0.2) is 59.5 Å². The SMILES string of the molecule is CC(NC(=O)N1CCOC(C#N)C1)(C(=O)O)C(F)(F)F. The number of carbonyl (C=O) groups excluding carboxylic acids is 1. The maximum atomic E-state index is 12.7. The summed E-state index contributed by atoms with van der Waals surface area (Å²) in [4.78, 5) is 23.4. The van der Waals surface area contributed by atoms with Crippen LogP contribution in [0, 0.1) is 11.3 Å². The first-order valence-corrected chi connectivity index (χ1v) is 5.50. The van der Waals surface area contributed by atoms with Gasteiger partial charge in [-0.1, -0.05) is 0 Å². The lowest BCUT2D eigenvalue weighted by molar-refractivity contribution is -0.203. The Hall–Kier alpha value is -2.02. The van der Waals surface area contributed by atoms with Gasteiger partial charge in [0.25, 0.3) is 0 Å². The second-order valence-corrected chi connectivity index (χ2v) is 4.29. The van der Waals surface area contributed by atoms with E-state index in [0.717, 1.165) is 4.90 Å². The van der Waals surface area contributed by atoms with Crippen LogP contribution in [0.4, 0.5) is 18.0 Å². The average Bonchev–Trinajstić information content (AvgIpc) is 2.37. The number of hydrogen-bond donors (Lipinski definition) is 2. The Morgan fingerprint density at radius 1 is 1.50 bits per heavy atom. The quantitative estimate of drug-likeness (QED) is 0.764. The maximum absolute atomic E-state index is 12.7. The topological polar surface area (TPSA) is 103 Å². The Morgan fingerprint density at radius 3 is 2.55 bits per heavy atom. The van der Waals surface area contributed by atoms with Crippen molar-refractivity contribution in [3.05, 3.63) is 0 Å². The zero-order chi connectivity index (χ0) is 15.6. The number of urea groups is 1. The highest BCUT2D eigenvalue weighted by atomic mass is 19.4. The molecular weight excluding hydrogens is 283 g/mol. The number of carboxylic acids is 1. The van der Waals surface area contributed by atoms with Crippen molar-refractivity contribution in [3.63, 3.8) is 0 Å². The summed E-state index contributed by atoms with van der Waals surface area (Å²) < 4.78 is 43.1. The van der Waals surface area contributed by atoms with E-state index in [2.05, 4.69) is 0 Å². The van der Waals surface area contributed by atoms with Gasteiger partial charge in [-0.15, -0.1) is 0 Å². The molecule has 1 aliphatic rings. The van der Waals surface area contributed by atoms with Gasteiger partial charge in [0.2, 0.25) is 5.54 Å². The van der Waals surface area contributed by atoms with Crippen molar-refractivity contribution in [1.82, 2.24) is 10.2 Å². The number of ether oxygens (including phenoxy) is 1. The Bertz CT molecular complexity index is 448. The summed E-state index contributed by atoms with van der Waals surface area (Å²) in [5, 5.41) is 18.8. The molecule has 1 fully saturated rings. The molecule has 0 aromatic carbocycles. The minimum absolute atomic E-state index is 0.0125. The molecule has 1 saturated heterocycles. The summed E-state index contributed by atoms with van der Waals surface area (Å²) >= 11 is 0. The molecule has 0 radical (unpaired) electrons. The number of amides is 2. The monoisotopic (exact) mass is 295 g/mol. The Labute approximate surface area is 111 Å². The largest absolute Gasteiger partial charge is 0.479 e. The van der Waals surface area contributed by atoms with E-state index in [4.69, 9.17) is 15.1 Å². The molecule has 10 heteroatoms. The van der Waals surface area contributed by atoms with E-state index >= 15 is 0 Å². The number of alkyl halides is 3. The van der Waals surface area contributed by atoms with Gasteiger partial charge in [-0.25, -0.2) is 9.59 Å². The highest BCUT2D eigenvalue weighted by Crippen LogP contribution is 2.30. The number of carbonyl (C=O) groups is 2. The molecule has 112 valence electrons. The molecule has 1 heterocycles. The molecule has 1 rings (SSSR count). The Kier molecular flexibility index (Phi) is 4.44. The van der Waals surface area contributed by atoms with E-state index in [9.17, 15) is 22.8 Å². The summed E-state index contributed by atoms with van der Waals surface area (Å²) in [5.74, 6) is -2.22. The van der Waals surface area contributed by atoms with Crippen LogP contribution in [0.15, 0.2) is 0 Å². The van der Waals surface area contributed by atoms with Gasteiger partial charge < -0.3 is 20.1 Å². The van der Waals surface area contributed by atoms with Crippen molar-refractivity contribution in [2.45, 2.75) is 24.7 Å². The zero-order valence-corrected chi connectivity index (χ0v) is 10.4. The van der Waals surface area contributed by atoms with Crippen molar-refractivity contribution in [2.24, 2.45) is 0 Å². The van der Waals surface area contributed by atoms with Gasteiger partial charge in [-0.05, 0) is 6.92 Å². The predicted octanol–water partition coefficient (Wildman–Crippen LogP) is 0.326. The van der Waals surface area contributed by atoms with E-state index in [-0.39, 0.29) is 19.7 Å². The molecule has 0 aliphatic carbocycles. The van der Waals surface area contributed by atoms with Crippen molar-refractivity contribution in [2.75, 3.05) is 19.7 Å². The fourth-order valence-electron chi connectivity index (χ4n) is 1.45. The van der Waals surface area contributed by atoms with Crippen LogP contribution < -0.4 is 5.32 Å². The third-order valence-electron chi connectivity index (χ3n) is 2.85. The van der Waals surface area contributed by atoms with Crippen LogP contribution in [0.5, 0.6) is 0 Å². The third kappa shape index (κ3) is 3.11. The zero-order valence-electron chi connectivity index (χ0n) is 10.4. The lowest BCUT2D eigenvalue weighted by atomic mass is 10.0. The second kappa shape index (κ2) is 5.54. The molecule has 0 aromatic heterocycles. The number of nitrogens with one attached hydrogen (secondary N) is 1. The van der Waals surface area contributed by atoms with E-state index < -0.39 is 29.8 Å². The van der Waals surface area contributed by atoms with Crippen molar-refractivity contribution < 1.29 is 32.6 Å². The molecular formula is C10H12F3N3O4. The molecule has 20 heavy (non-hydrogen) atoms. The molecule has 2 atom stereocenters. The van der Waals surface area contributed by atoms with E-state index in [1.165, 1.54) is 5.32 Å². The van der Waals surface area contributed by atoms with Gasteiger partial charge in [0.15, 0.2) is 6.10 Å². The van der Waals surface area contributed by atoms with Crippen molar-refractivity contribution >= 4 is 12.0 Å². The molecule has 0 bridgehead atoms. The fraction of sp³-hybridized carbons (Fsp3) is 0.700. The minimum atomic E-state index is -5.16. The minimum Gasteiger partial charge on any atom is -0.479 e.